The van der Waals surface area contributed by atoms with Gasteiger partial charge in [-0.05, 0) is 37.0 Å². The second kappa shape index (κ2) is 7.29. The summed E-state index contributed by atoms with van der Waals surface area (Å²) in [5, 5.41) is 0.773. The molecule has 88 valence electrons. The zero-order chi connectivity index (χ0) is 11.8. The summed E-state index contributed by atoms with van der Waals surface area (Å²) in [5.74, 6) is -0.119. The molecule has 0 spiro atoms. The van der Waals surface area contributed by atoms with Crippen LogP contribution in [-0.4, -0.2) is 13.1 Å². The van der Waals surface area contributed by atoms with E-state index in [0.717, 1.165) is 30.7 Å². The Kier molecular flexibility index (Phi) is 5.94. The second-order valence-electron chi connectivity index (χ2n) is 3.76. The molecular weight excluding hydrogens is 224 g/mol. The lowest BCUT2D eigenvalue weighted by molar-refractivity contribution is -0.140. The van der Waals surface area contributed by atoms with Crippen LogP contribution in [0.15, 0.2) is 24.3 Å². The molecule has 0 atom stereocenters. The number of carbonyl (C=O) groups is 1. The molecule has 0 aliphatic rings. The number of hydrogen-bond donors (Lipinski definition) is 0. The van der Waals surface area contributed by atoms with Crippen LogP contribution in [0, 0.1) is 0 Å². The maximum atomic E-state index is 10.8. The zero-order valence-corrected chi connectivity index (χ0v) is 10.3. The van der Waals surface area contributed by atoms with Crippen molar-refractivity contribution < 1.29 is 9.53 Å². The molecule has 16 heavy (non-hydrogen) atoms. The molecule has 0 amide bonds. The quantitative estimate of drug-likeness (QED) is 0.561. The van der Waals surface area contributed by atoms with Crippen LogP contribution in [0.4, 0.5) is 0 Å². The summed E-state index contributed by atoms with van der Waals surface area (Å²) in [6.07, 6.45) is 4.62. The summed E-state index contributed by atoms with van der Waals surface area (Å²) >= 11 is 5.79. The minimum atomic E-state index is -0.119. The summed E-state index contributed by atoms with van der Waals surface area (Å²) < 4.78 is 4.57. The molecule has 0 saturated carbocycles. The second-order valence-corrected chi connectivity index (χ2v) is 4.20. The lowest BCUT2D eigenvalue weighted by Gasteiger charge is -2.02. The first-order chi connectivity index (χ1) is 7.72. The van der Waals surface area contributed by atoms with Gasteiger partial charge in [-0.3, -0.25) is 4.79 Å². The largest absolute Gasteiger partial charge is 0.469 e. The highest BCUT2D eigenvalue weighted by molar-refractivity contribution is 6.30. The minimum Gasteiger partial charge on any atom is -0.469 e. The van der Waals surface area contributed by atoms with Gasteiger partial charge >= 0.3 is 5.97 Å². The Bertz CT molecular complexity index is 319. The molecule has 0 N–H and O–H groups in total. The van der Waals surface area contributed by atoms with E-state index in [1.54, 1.807) is 0 Å². The summed E-state index contributed by atoms with van der Waals surface area (Å²) in [6, 6.07) is 7.90. The van der Waals surface area contributed by atoms with Crippen molar-refractivity contribution in [2.75, 3.05) is 7.11 Å². The smallest absolute Gasteiger partial charge is 0.305 e. The van der Waals surface area contributed by atoms with Crippen molar-refractivity contribution in [1.82, 2.24) is 0 Å². The van der Waals surface area contributed by atoms with E-state index in [1.807, 2.05) is 24.3 Å². The van der Waals surface area contributed by atoms with E-state index >= 15 is 0 Å². The lowest BCUT2D eigenvalue weighted by Crippen LogP contribution is -1.99. The summed E-state index contributed by atoms with van der Waals surface area (Å²) in [5.41, 5.74) is 1.29. The molecule has 0 unspecified atom stereocenters. The van der Waals surface area contributed by atoms with E-state index in [9.17, 15) is 4.79 Å². The average Bonchev–Trinajstić information content (AvgIpc) is 2.31. The van der Waals surface area contributed by atoms with Crippen LogP contribution in [0.2, 0.25) is 5.02 Å². The highest BCUT2D eigenvalue weighted by Gasteiger charge is 1.99. The molecule has 0 aliphatic heterocycles. The molecule has 1 rings (SSSR count). The molecule has 0 saturated heterocycles. The van der Waals surface area contributed by atoms with Crippen molar-refractivity contribution in [2.24, 2.45) is 0 Å². The van der Waals surface area contributed by atoms with E-state index in [0.29, 0.717) is 6.42 Å². The van der Waals surface area contributed by atoms with Crippen molar-refractivity contribution in [2.45, 2.75) is 32.1 Å². The lowest BCUT2D eigenvalue weighted by atomic mass is 10.1. The van der Waals surface area contributed by atoms with Crippen LogP contribution >= 0.6 is 11.6 Å². The molecule has 3 heteroatoms. The molecule has 0 fully saturated rings. The van der Waals surface area contributed by atoms with Gasteiger partial charge < -0.3 is 4.74 Å². The van der Waals surface area contributed by atoms with Gasteiger partial charge in [-0.2, -0.15) is 0 Å². The van der Waals surface area contributed by atoms with Gasteiger partial charge in [0.05, 0.1) is 7.11 Å². The van der Waals surface area contributed by atoms with Crippen LogP contribution in [-0.2, 0) is 16.0 Å². The van der Waals surface area contributed by atoms with Crippen molar-refractivity contribution >= 4 is 17.6 Å². The maximum Gasteiger partial charge on any atom is 0.305 e. The minimum absolute atomic E-state index is 0.119. The highest BCUT2D eigenvalue weighted by atomic mass is 35.5. The normalized spacial score (nSPS) is 10.1. The summed E-state index contributed by atoms with van der Waals surface area (Å²) in [7, 11) is 1.43. The number of carbonyl (C=O) groups excluding carboxylic acids is 1. The third-order valence-electron chi connectivity index (χ3n) is 2.49. The third-order valence-corrected chi connectivity index (χ3v) is 2.74. The maximum absolute atomic E-state index is 10.8. The van der Waals surface area contributed by atoms with Gasteiger partial charge in [0.25, 0.3) is 0 Å². The van der Waals surface area contributed by atoms with Crippen LogP contribution in [0.5, 0.6) is 0 Å². The number of unbranched alkanes of at least 4 members (excludes halogenated alkanes) is 2. The van der Waals surface area contributed by atoms with Crippen molar-refractivity contribution in [3.63, 3.8) is 0 Å². The number of benzene rings is 1. The van der Waals surface area contributed by atoms with Crippen molar-refractivity contribution in [3.8, 4) is 0 Å². The molecular formula is C13H17ClO2. The first-order valence-electron chi connectivity index (χ1n) is 5.53. The Balaban J connectivity index is 2.11. The van der Waals surface area contributed by atoms with Gasteiger partial charge in [-0.15, -0.1) is 0 Å². The monoisotopic (exact) mass is 240 g/mol. The van der Waals surface area contributed by atoms with E-state index in [2.05, 4.69) is 4.74 Å². The Morgan fingerprint density at radius 2 is 1.88 bits per heavy atom. The van der Waals surface area contributed by atoms with Crippen LogP contribution < -0.4 is 0 Å². The number of methoxy groups -OCH3 is 1. The van der Waals surface area contributed by atoms with Gasteiger partial charge in [0, 0.05) is 11.4 Å². The Hall–Kier alpha value is -1.02. The average molecular weight is 241 g/mol. The zero-order valence-electron chi connectivity index (χ0n) is 9.54. The van der Waals surface area contributed by atoms with Gasteiger partial charge in [-0.1, -0.05) is 30.2 Å². The van der Waals surface area contributed by atoms with Gasteiger partial charge in [0.15, 0.2) is 0 Å². The summed E-state index contributed by atoms with van der Waals surface area (Å²) in [6.45, 7) is 0. The fraction of sp³-hybridized carbons (Fsp3) is 0.462. The van der Waals surface area contributed by atoms with Crippen molar-refractivity contribution in [1.29, 1.82) is 0 Å². The number of esters is 1. The Morgan fingerprint density at radius 1 is 1.19 bits per heavy atom. The topological polar surface area (TPSA) is 26.3 Å². The molecule has 2 nitrogen and oxygen atoms in total. The number of halogens is 1. The molecule has 0 heterocycles. The first kappa shape index (κ1) is 13.0. The van der Waals surface area contributed by atoms with Crippen molar-refractivity contribution in [3.05, 3.63) is 34.9 Å². The van der Waals surface area contributed by atoms with E-state index in [-0.39, 0.29) is 5.97 Å². The molecule has 0 aromatic heterocycles. The number of ether oxygens (including phenoxy) is 1. The predicted octanol–water partition coefficient (Wildman–Crippen LogP) is 3.62. The van der Waals surface area contributed by atoms with Crippen LogP contribution in [0.25, 0.3) is 0 Å². The van der Waals surface area contributed by atoms with Gasteiger partial charge in [0.1, 0.15) is 0 Å². The molecule has 1 aromatic rings. The summed E-state index contributed by atoms with van der Waals surface area (Å²) in [4.78, 5) is 10.8. The predicted molar refractivity (Wildman–Crippen MR) is 65.6 cm³/mol. The van der Waals surface area contributed by atoms with E-state index in [1.165, 1.54) is 12.7 Å². The first-order valence-corrected chi connectivity index (χ1v) is 5.91. The molecule has 0 radical (unpaired) electrons. The van der Waals surface area contributed by atoms with E-state index in [4.69, 9.17) is 11.6 Å². The van der Waals surface area contributed by atoms with Gasteiger partial charge in [0.2, 0.25) is 0 Å². The Morgan fingerprint density at radius 3 is 2.50 bits per heavy atom. The number of aryl methyl sites for hydroxylation is 1. The highest BCUT2D eigenvalue weighted by Crippen LogP contribution is 2.12. The van der Waals surface area contributed by atoms with Gasteiger partial charge in [-0.25, -0.2) is 0 Å². The van der Waals surface area contributed by atoms with Crippen LogP contribution in [0.1, 0.15) is 31.2 Å². The van der Waals surface area contributed by atoms with Crippen LogP contribution in [0.3, 0.4) is 0 Å². The van der Waals surface area contributed by atoms with E-state index < -0.39 is 0 Å². The fourth-order valence-corrected chi connectivity index (χ4v) is 1.65. The number of rotatable bonds is 6. The third kappa shape index (κ3) is 5.17. The standard InChI is InChI=1S/C13H17ClO2/c1-16-13(15)6-4-2-3-5-11-7-9-12(14)10-8-11/h7-10H,2-6H2,1H3. The molecule has 1 aromatic carbocycles. The Labute approximate surface area is 102 Å². The fourth-order valence-electron chi connectivity index (χ4n) is 1.53. The SMILES string of the molecule is COC(=O)CCCCCc1ccc(Cl)cc1. The molecule has 0 aliphatic carbocycles. The molecule has 0 bridgehead atoms. The number of hydrogen-bond acceptors (Lipinski definition) is 2.